The number of halogens is 1. The summed E-state index contributed by atoms with van der Waals surface area (Å²) in [7, 11) is 1.31. The molecule has 5 nitrogen and oxygen atoms in total. The zero-order valence-corrected chi connectivity index (χ0v) is 11.7. The third kappa shape index (κ3) is 1.81. The second-order valence-electron chi connectivity index (χ2n) is 4.97. The van der Waals surface area contributed by atoms with Crippen LogP contribution in [0.2, 0.25) is 0 Å². The molecule has 3 unspecified atom stereocenters. The van der Waals surface area contributed by atoms with Gasteiger partial charge in [-0.25, -0.2) is 4.39 Å². The van der Waals surface area contributed by atoms with E-state index in [-0.39, 0.29) is 0 Å². The Labute approximate surface area is 120 Å². The van der Waals surface area contributed by atoms with Gasteiger partial charge in [0, 0.05) is 5.56 Å². The summed E-state index contributed by atoms with van der Waals surface area (Å²) in [6, 6.07) is 3.72. The van der Waals surface area contributed by atoms with Crippen LogP contribution < -0.4 is 15.4 Å². The van der Waals surface area contributed by atoms with Gasteiger partial charge in [-0.05, 0) is 37.3 Å². The normalized spacial score (nSPS) is 30.4. The van der Waals surface area contributed by atoms with Crippen LogP contribution in [0.5, 0.6) is 5.75 Å². The fourth-order valence-electron chi connectivity index (χ4n) is 2.80. The predicted molar refractivity (Wildman–Crippen MR) is 72.5 cm³/mol. The Bertz CT molecular complexity index is 609. The average Bonchev–Trinajstić information content (AvgIpc) is 2.38. The van der Waals surface area contributed by atoms with Gasteiger partial charge in [-0.3, -0.25) is 4.79 Å². The van der Waals surface area contributed by atoms with Crippen molar-refractivity contribution < 1.29 is 18.7 Å². The minimum atomic E-state index is -1.02. The van der Waals surface area contributed by atoms with E-state index in [1.54, 1.807) is 13.0 Å². The van der Waals surface area contributed by atoms with Gasteiger partial charge < -0.3 is 20.1 Å². The standard InChI is InChI=1S/C13H13FN2O3S/c1-13-9(11(17)18-2)10(15-12(20)16-13)7-5-6(14)3-4-8(7)19-13/h3-5,9-10H,1-2H3,(H2,15,16,20). The van der Waals surface area contributed by atoms with E-state index in [2.05, 4.69) is 10.6 Å². The first-order valence-corrected chi connectivity index (χ1v) is 6.50. The van der Waals surface area contributed by atoms with Crippen LogP contribution in [0.4, 0.5) is 4.39 Å². The molecule has 2 heterocycles. The van der Waals surface area contributed by atoms with E-state index in [1.807, 2.05) is 0 Å². The summed E-state index contributed by atoms with van der Waals surface area (Å²) in [6.07, 6.45) is 0. The van der Waals surface area contributed by atoms with Crippen molar-refractivity contribution in [3.05, 3.63) is 29.6 Å². The molecule has 0 aliphatic carbocycles. The highest BCUT2D eigenvalue weighted by molar-refractivity contribution is 7.80. The van der Waals surface area contributed by atoms with Crippen LogP contribution >= 0.6 is 12.2 Å². The molecule has 1 fully saturated rings. The molecule has 0 aromatic heterocycles. The largest absolute Gasteiger partial charge is 0.469 e. The minimum Gasteiger partial charge on any atom is -0.469 e. The van der Waals surface area contributed by atoms with E-state index in [1.165, 1.54) is 19.2 Å². The Morgan fingerprint density at radius 3 is 3.00 bits per heavy atom. The molecule has 1 aromatic rings. The number of fused-ring (bicyclic) bond motifs is 4. The molecule has 0 saturated carbocycles. The number of carbonyl (C=O) groups excluding carboxylic acids is 1. The lowest BCUT2D eigenvalue weighted by molar-refractivity contribution is -0.159. The van der Waals surface area contributed by atoms with Crippen molar-refractivity contribution in [1.29, 1.82) is 0 Å². The quantitative estimate of drug-likeness (QED) is 0.601. The lowest BCUT2D eigenvalue weighted by Gasteiger charge is -2.49. The zero-order valence-electron chi connectivity index (χ0n) is 10.9. The molecule has 3 rings (SSSR count). The fourth-order valence-corrected chi connectivity index (χ4v) is 3.13. The molecule has 2 aliphatic heterocycles. The molecule has 0 amide bonds. The zero-order chi connectivity index (χ0) is 14.5. The number of hydrogen-bond acceptors (Lipinski definition) is 4. The SMILES string of the molecule is COC(=O)C1C2NC(=S)NC1(C)Oc1ccc(F)cc12. The predicted octanol–water partition coefficient (Wildman–Crippen LogP) is 1.24. The number of carbonyl (C=O) groups is 1. The second kappa shape index (κ2) is 4.31. The van der Waals surface area contributed by atoms with Crippen molar-refractivity contribution in [2.24, 2.45) is 5.92 Å². The molecule has 0 radical (unpaired) electrons. The summed E-state index contributed by atoms with van der Waals surface area (Å²) in [4.78, 5) is 12.1. The summed E-state index contributed by atoms with van der Waals surface area (Å²) in [6.45, 7) is 1.72. The van der Waals surface area contributed by atoms with E-state index in [0.717, 1.165) is 0 Å². The van der Waals surface area contributed by atoms with Crippen LogP contribution in [-0.2, 0) is 9.53 Å². The third-order valence-corrected chi connectivity index (χ3v) is 3.88. The van der Waals surface area contributed by atoms with Crippen LogP contribution in [0.25, 0.3) is 0 Å². The van der Waals surface area contributed by atoms with Crippen molar-refractivity contribution in [3.63, 3.8) is 0 Å². The second-order valence-corrected chi connectivity index (χ2v) is 5.38. The first kappa shape index (κ1) is 13.1. The van der Waals surface area contributed by atoms with E-state index in [0.29, 0.717) is 16.4 Å². The van der Waals surface area contributed by atoms with Gasteiger partial charge in [-0.1, -0.05) is 0 Å². The highest BCUT2D eigenvalue weighted by atomic mass is 32.1. The maximum absolute atomic E-state index is 13.5. The van der Waals surface area contributed by atoms with Gasteiger partial charge in [-0.2, -0.15) is 0 Å². The minimum absolute atomic E-state index is 0.354. The third-order valence-electron chi connectivity index (χ3n) is 3.66. The van der Waals surface area contributed by atoms with Gasteiger partial charge >= 0.3 is 5.97 Å². The van der Waals surface area contributed by atoms with Gasteiger partial charge in [0.2, 0.25) is 0 Å². The average molecular weight is 296 g/mol. The molecular weight excluding hydrogens is 283 g/mol. The van der Waals surface area contributed by atoms with Crippen molar-refractivity contribution in [3.8, 4) is 5.75 Å². The Balaban J connectivity index is 2.16. The highest BCUT2D eigenvalue weighted by Gasteiger charge is 2.55. The number of nitrogens with one attached hydrogen (secondary N) is 2. The molecule has 2 N–H and O–H groups in total. The van der Waals surface area contributed by atoms with Gasteiger partial charge in [0.25, 0.3) is 0 Å². The molecule has 2 aliphatic rings. The summed E-state index contributed by atoms with van der Waals surface area (Å²) in [5.74, 6) is -1.00. The number of hydrogen-bond donors (Lipinski definition) is 2. The molecule has 106 valence electrons. The summed E-state index contributed by atoms with van der Waals surface area (Å²) >= 11 is 5.12. The number of thiocarbonyl (C=S) groups is 1. The molecule has 1 aromatic carbocycles. The number of esters is 1. The smallest absolute Gasteiger partial charge is 0.317 e. The first-order chi connectivity index (χ1) is 9.44. The van der Waals surface area contributed by atoms with E-state index < -0.39 is 29.5 Å². The maximum Gasteiger partial charge on any atom is 0.317 e. The van der Waals surface area contributed by atoms with Crippen LogP contribution in [0.3, 0.4) is 0 Å². The lowest BCUT2D eigenvalue weighted by atomic mass is 9.80. The topological polar surface area (TPSA) is 59.6 Å². The van der Waals surface area contributed by atoms with Crippen LogP contribution in [0, 0.1) is 11.7 Å². The summed E-state index contributed by atoms with van der Waals surface area (Å²) < 4.78 is 24.2. The van der Waals surface area contributed by atoms with Gasteiger partial charge in [0.1, 0.15) is 17.5 Å². The Morgan fingerprint density at radius 1 is 1.55 bits per heavy atom. The monoisotopic (exact) mass is 296 g/mol. The van der Waals surface area contributed by atoms with E-state index >= 15 is 0 Å². The van der Waals surface area contributed by atoms with Crippen molar-refractivity contribution >= 4 is 23.3 Å². The van der Waals surface area contributed by atoms with Crippen molar-refractivity contribution in [1.82, 2.24) is 10.6 Å². The fraction of sp³-hybridized carbons (Fsp3) is 0.385. The van der Waals surface area contributed by atoms with Crippen molar-refractivity contribution in [2.75, 3.05) is 7.11 Å². The summed E-state index contributed by atoms with van der Waals surface area (Å²) in [5, 5.41) is 6.30. The Kier molecular flexibility index (Phi) is 2.82. The van der Waals surface area contributed by atoms with Gasteiger partial charge in [0.15, 0.2) is 10.8 Å². The molecule has 1 saturated heterocycles. The van der Waals surface area contributed by atoms with E-state index in [9.17, 15) is 9.18 Å². The molecule has 7 heteroatoms. The van der Waals surface area contributed by atoms with Crippen LogP contribution in [0.1, 0.15) is 18.5 Å². The number of benzene rings is 1. The maximum atomic E-state index is 13.5. The Morgan fingerprint density at radius 2 is 2.30 bits per heavy atom. The van der Waals surface area contributed by atoms with E-state index in [4.69, 9.17) is 21.7 Å². The molecule has 3 atom stereocenters. The van der Waals surface area contributed by atoms with Crippen LogP contribution in [-0.4, -0.2) is 23.9 Å². The van der Waals surface area contributed by atoms with Gasteiger partial charge in [0.05, 0.1) is 13.2 Å². The molecule has 0 spiro atoms. The van der Waals surface area contributed by atoms with Gasteiger partial charge in [-0.15, -0.1) is 0 Å². The number of rotatable bonds is 1. The lowest BCUT2D eigenvalue weighted by Crippen LogP contribution is -2.69. The Hall–Kier alpha value is -1.89. The number of methoxy groups -OCH3 is 1. The molecule has 20 heavy (non-hydrogen) atoms. The molecular formula is C13H13FN2O3S. The van der Waals surface area contributed by atoms with Crippen LogP contribution in [0.15, 0.2) is 18.2 Å². The highest BCUT2D eigenvalue weighted by Crippen LogP contribution is 2.45. The first-order valence-electron chi connectivity index (χ1n) is 6.09. The van der Waals surface area contributed by atoms with Crippen molar-refractivity contribution in [2.45, 2.75) is 18.7 Å². The summed E-state index contributed by atoms with van der Waals surface area (Å²) in [5.41, 5.74) is -0.466. The molecule has 2 bridgehead atoms. The number of ether oxygens (including phenoxy) is 2.